The molecule has 2 aromatic carbocycles. The van der Waals surface area contributed by atoms with Crippen LogP contribution in [0.2, 0.25) is 0 Å². The Morgan fingerprint density at radius 1 is 0.483 bits per heavy atom. The van der Waals surface area contributed by atoms with Crippen molar-refractivity contribution in [3.05, 3.63) is 57.6 Å². The number of unbranched alkanes of at least 4 members (excludes halogenated alkanes) is 9. The van der Waals surface area contributed by atoms with Crippen molar-refractivity contribution in [3.63, 3.8) is 0 Å². The van der Waals surface area contributed by atoms with Crippen LogP contribution in [-0.4, -0.2) is 88.8 Å². The van der Waals surface area contributed by atoms with Crippen molar-refractivity contribution in [3.8, 4) is 11.5 Å². The lowest BCUT2D eigenvalue weighted by Crippen LogP contribution is -2.61. The van der Waals surface area contributed by atoms with Crippen LogP contribution < -0.4 is 9.47 Å². The van der Waals surface area contributed by atoms with E-state index in [2.05, 4.69) is 111 Å². The zero-order valence-electron chi connectivity index (χ0n) is 38.9. The Morgan fingerprint density at radius 3 is 1.38 bits per heavy atom. The van der Waals surface area contributed by atoms with Crippen LogP contribution in [-0.2, 0) is 25.7 Å². The fourth-order valence-corrected chi connectivity index (χ4v) is 9.43. The second-order valence-electron chi connectivity index (χ2n) is 18.7. The number of benzene rings is 2. The molecule has 58 heavy (non-hydrogen) atoms. The number of ether oxygens (including phenoxy) is 2. The summed E-state index contributed by atoms with van der Waals surface area (Å²) in [7, 11) is 0. The summed E-state index contributed by atoms with van der Waals surface area (Å²) in [5.74, 6) is 2.06. The fraction of sp³-hybridized carbons (Fsp3) is 0.731. The third kappa shape index (κ3) is 12.2. The van der Waals surface area contributed by atoms with E-state index in [0.29, 0.717) is 0 Å². The Labute approximate surface area is 356 Å². The average Bonchev–Trinajstić information content (AvgIpc) is 3.44. The van der Waals surface area contributed by atoms with Crippen molar-refractivity contribution >= 4 is 12.4 Å². The fourth-order valence-electron chi connectivity index (χ4n) is 9.43. The molecule has 0 amide bonds. The molecule has 1 fully saturated rings. The van der Waals surface area contributed by atoms with Gasteiger partial charge in [0, 0.05) is 13.8 Å². The van der Waals surface area contributed by atoms with E-state index in [0.717, 1.165) is 43.7 Å². The summed E-state index contributed by atoms with van der Waals surface area (Å²) in [6.45, 7) is 26.7. The van der Waals surface area contributed by atoms with Crippen molar-refractivity contribution in [1.29, 1.82) is 0 Å². The molecule has 3 heterocycles. The van der Waals surface area contributed by atoms with Crippen molar-refractivity contribution in [2.45, 2.75) is 202 Å². The first kappa shape index (κ1) is 46.4. The number of hydrogen-bond acceptors (Lipinski definition) is 4. The van der Waals surface area contributed by atoms with Crippen molar-refractivity contribution in [1.82, 2.24) is 9.80 Å². The quantitative estimate of drug-likeness (QED) is 0.0606. The maximum absolute atomic E-state index is 7.47. The minimum atomic E-state index is -1.03. The molecule has 1 saturated heterocycles. The first-order valence-corrected chi connectivity index (χ1v) is 24.6. The maximum Gasteiger partial charge on any atom is 0.704 e. The highest BCUT2D eigenvalue weighted by Crippen LogP contribution is 2.45. The molecule has 3 aliphatic rings. The summed E-state index contributed by atoms with van der Waals surface area (Å²) in [6, 6.07) is 8.78. The van der Waals surface area contributed by atoms with Gasteiger partial charge in [0.15, 0.2) is 23.9 Å². The molecule has 0 aromatic heterocycles. The molecule has 3 aliphatic heterocycles. The Hall–Kier alpha value is -2.70. The van der Waals surface area contributed by atoms with Crippen LogP contribution in [0.25, 0.3) is 0 Å². The van der Waals surface area contributed by atoms with Crippen LogP contribution in [0.15, 0.2) is 24.3 Å². The van der Waals surface area contributed by atoms with Crippen LogP contribution >= 0.6 is 0 Å². The van der Waals surface area contributed by atoms with E-state index >= 15 is 0 Å². The van der Waals surface area contributed by atoms with Crippen molar-refractivity contribution < 1.29 is 18.6 Å². The third-order valence-corrected chi connectivity index (χ3v) is 13.0. The minimum absolute atomic E-state index is 0.178. The van der Waals surface area contributed by atoms with Gasteiger partial charge in [0.05, 0.1) is 11.1 Å². The molecule has 5 rings (SSSR count). The van der Waals surface area contributed by atoms with Gasteiger partial charge in [-0.25, -0.2) is 0 Å². The van der Waals surface area contributed by atoms with E-state index < -0.39 is 6.03 Å². The Kier molecular flexibility index (Phi) is 18.7. The van der Waals surface area contributed by atoms with Gasteiger partial charge in [-0.1, -0.05) is 108 Å². The van der Waals surface area contributed by atoms with Gasteiger partial charge in [-0.2, -0.15) is 0 Å². The molecule has 1 unspecified atom stereocenters. The second-order valence-corrected chi connectivity index (χ2v) is 18.7. The molecule has 2 aromatic rings. The molecule has 6 nitrogen and oxygen atoms in total. The SMILES string of the molecule is CCCCCc1cc(CCCC)cc2c1OC13Oc4c(cc(CCCCN(CCCC)CCCC)cc4CCCCN(CCCC)CCCC)C=[N+]1CC(C)(C)[N+]3=C2. The zero-order valence-corrected chi connectivity index (χ0v) is 38.9. The van der Waals surface area contributed by atoms with Crippen LogP contribution in [0, 0.1) is 0 Å². The third-order valence-electron chi connectivity index (χ3n) is 13.0. The predicted molar refractivity (Wildman–Crippen MR) is 247 cm³/mol. The van der Waals surface area contributed by atoms with Gasteiger partial charge in [0.1, 0.15) is 0 Å². The molecule has 324 valence electrons. The summed E-state index contributed by atoms with van der Waals surface area (Å²) in [5.41, 5.74) is 7.85. The van der Waals surface area contributed by atoms with E-state index in [1.54, 1.807) is 0 Å². The first-order chi connectivity index (χ1) is 28.2. The van der Waals surface area contributed by atoms with Gasteiger partial charge in [-0.05, 0) is 164 Å². The van der Waals surface area contributed by atoms with Gasteiger partial charge in [0.25, 0.3) is 0 Å². The number of aryl methyl sites for hydroxylation is 4. The maximum atomic E-state index is 7.47. The summed E-state index contributed by atoms with van der Waals surface area (Å²) >= 11 is 0. The highest BCUT2D eigenvalue weighted by molar-refractivity contribution is 5.84. The van der Waals surface area contributed by atoms with E-state index in [4.69, 9.17) is 9.47 Å². The highest BCUT2D eigenvalue weighted by Gasteiger charge is 2.75. The first-order valence-electron chi connectivity index (χ1n) is 24.6. The lowest BCUT2D eigenvalue weighted by atomic mass is 9.96. The zero-order chi connectivity index (χ0) is 41.4. The van der Waals surface area contributed by atoms with Crippen LogP contribution in [0.3, 0.4) is 0 Å². The molecule has 0 saturated carbocycles. The van der Waals surface area contributed by atoms with Gasteiger partial charge in [0.2, 0.25) is 12.1 Å². The molecule has 0 radical (unpaired) electrons. The van der Waals surface area contributed by atoms with Crippen molar-refractivity contribution in [2.24, 2.45) is 0 Å². The molecular formula is C52H86N4O2+2. The Balaban J connectivity index is 1.44. The number of hydrogen-bond donors (Lipinski definition) is 0. The van der Waals surface area contributed by atoms with Gasteiger partial charge >= 0.3 is 6.03 Å². The number of rotatable bonds is 29. The molecular weight excluding hydrogens is 713 g/mol. The highest BCUT2D eigenvalue weighted by atomic mass is 16.7. The molecule has 0 N–H and O–H groups in total. The molecule has 0 aliphatic carbocycles. The smallest absolute Gasteiger partial charge is 0.340 e. The number of nitrogens with zero attached hydrogens (tertiary/aromatic N) is 4. The van der Waals surface area contributed by atoms with Crippen LogP contribution in [0.4, 0.5) is 0 Å². The van der Waals surface area contributed by atoms with Crippen LogP contribution in [0.1, 0.15) is 198 Å². The predicted octanol–water partition coefficient (Wildman–Crippen LogP) is 12.0. The van der Waals surface area contributed by atoms with Gasteiger partial charge < -0.3 is 19.3 Å². The second kappa shape index (κ2) is 23.3. The average molecular weight is 799 g/mol. The lowest BCUT2D eigenvalue weighted by molar-refractivity contribution is -0.867. The summed E-state index contributed by atoms with van der Waals surface area (Å²) in [4.78, 5) is 5.44. The number of fused-ring (bicyclic) bond motifs is 2. The van der Waals surface area contributed by atoms with E-state index in [1.807, 2.05) is 0 Å². The monoisotopic (exact) mass is 799 g/mol. The topological polar surface area (TPSA) is 31.0 Å². The molecule has 1 atom stereocenters. The Bertz CT molecular complexity index is 1610. The van der Waals surface area contributed by atoms with Crippen molar-refractivity contribution in [2.75, 3.05) is 45.8 Å². The summed E-state index contributed by atoms with van der Waals surface area (Å²) < 4.78 is 19.6. The minimum Gasteiger partial charge on any atom is -0.340 e. The van der Waals surface area contributed by atoms with Gasteiger partial charge in [-0.3, -0.25) is 0 Å². The van der Waals surface area contributed by atoms with Gasteiger partial charge in [-0.15, -0.1) is 0 Å². The standard InChI is InChI=1S/C52H86N4O2/c1-9-15-21-28-45-36-43(26-16-10-2)39-48-41-56-51(7,8)42-55-40-47-38-44(27-22-24-34-53(30-17-11-3)31-18-12-4)37-46(49(47)57-52(55,56)58-50(45)48)29-23-25-35-54(32-19-13-5)33-20-14-6/h36-41H,9-35,42H2,1-8H3/q+2. The molecule has 1 spiro atoms. The van der Waals surface area contributed by atoms with E-state index in [1.165, 1.54) is 182 Å². The van der Waals surface area contributed by atoms with E-state index in [9.17, 15) is 0 Å². The van der Waals surface area contributed by atoms with E-state index in [-0.39, 0.29) is 5.54 Å². The summed E-state index contributed by atoms with van der Waals surface area (Å²) in [6.07, 6.45) is 30.3. The Morgan fingerprint density at radius 2 is 0.897 bits per heavy atom. The van der Waals surface area contributed by atoms with Crippen LogP contribution in [0.5, 0.6) is 11.5 Å². The molecule has 6 heteroatoms. The largest absolute Gasteiger partial charge is 0.704 e. The normalized spacial score (nSPS) is 17.7. The summed E-state index contributed by atoms with van der Waals surface area (Å²) in [5, 5.41) is 0. The lowest BCUT2D eigenvalue weighted by Gasteiger charge is -2.30. The molecule has 0 bridgehead atoms.